The van der Waals surface area contributed by atoms with E-state index in [1.54, 1.807) is 0 Å². The van der Waals surface area contributed by atoms with Crippen LogP contribution in [0.2, 0.25) is 0 Å². The molecule has 0 saturated carbocycles. The SMILES string of the molecule is CCCC(CCC)C(CC1OCCc2ccccc21)NN. The van der Waals surface area contributed by atoms with Crippen LogP contribution in [-0.4, -0.2) is 12.6 Å². The first-order chi connectivity index (χ1) is 10.3. The molecule has 118 valence electrons. The van der Waals surface area contributed by atoms with Gasteiger partial charge in [-0.25, -0.2) is 0 Å². The summed E-state index contributed by atoms with van der Waals surface area (Å²) in [7, 11) is 0. The third-order valence-electron chi connectivity index (χ3n) is 4.66. The first kappa shape index (κ1) is 16.5. The van der Waals surface area contributed by atoms with Gasteiger partial charge in [0.25, 0.3) is 0 Å². The van der Waals surface area contributed by atoms with E-state index in [9.17, 15) is 0 Å². The van der Waals surface area contributed by atoms with Crippen molar-refractivity contribution in [3.8, 4) is 0 Å². The average molecular weight is 290 g/mol. The first-order valence-electron chi connectivity index (χ1n) is 8.45. The van der Waals surface area contributed by atoms with Crippen molar-refractivity contribution in [3.63, 3.8) is 0 Å². The highest BCUT2D eigenvalue weighted by Gasteiger charge is 2.27. The Morgan fingerprint density at radius 3 is 2.62 bits per heavy atom. The minimum absolute atomic E-state index is 0.187. The molecule has 0 amide bonds. The van der Waals surface area contributed by atoms with E-state index in [1.165, 1.54) is 36.8 Å². The Labute approximate surface area is 129 Å². The quantitative estimate of drug-likeness (QED) is 0.566. The molecule has 21 heavy (non-hydrogen) atoms. The molecule has 0 aromatic heterocycles. The van der Waals surface area contributed by atoms with Gasteiger partial charge in [0.15, 0.2) is 0 Å². The van der Waals surface area contributed by atoms with Crippen molar-refractivity contribution in [3.05, 3.63) is 35.4 Å². The molecule has 3 N–H and O–H groups in total. The summed E-state index contributed by atoms with van der Waals surface area (Å²) in [6, 6.07) is 9.01. The molecular weight excluding hydrogens is 260 g/mol. The fraction of sp³-hybridized carbons (Fsp3) is 0.667. The Kier molecular flexibility index (Phi) is 6.68. The van der Waals surface area contributed by atoms with Crippen molar-refractivity contribution in [2.75, 3.05) is 6.61 Å². The van der Waals surface area contributed by atoms with Gasteiger partial charge in [-0.1, -0.05) is 51.0 Å². The maximum absolute atomic E-state index is 6.05. The van der Waals surface area contributed by atoms with E-state index in [2.05, 4.69) is 43.5 Å². The average Bonchev–Trinajstić information content (AvgIpc) is 2.52. The van der Waals surface area contributed by atoms with Gasteiger partial charge in [0.2, 0.25) is 0 Å². The first-order valence-corrected chi connectivity index (χ1v) is 8.45. The number of nitrogens with one attached hydrogen (secondary N) is 1. The van der Waals surface area contributed by atoms with Gasteiger partial charge in [-0.15, -0.1) is 0 Å². The molecule has 1 aromatic carbocycles. The van der Waals surface area contributed by atoms with Gasteiger partial charge in [-0.2, -0.15) is 0 Å². The molecule has 1 aliphatic heterocycles. The zero-order valence-electron chi connectivity index (χ0n) is 13.5. The van der Waals surface area contributed by atoms with E-state index >= 15 is 0 Å². The molecule has 2 atom stereocenters. The molecular formula is C18H30N2O. The molecule has 3 heteroatoms. The summed E-state index contributed by atoms with van der Waals surface area (Å²) < 4.78 is 6.05. The number of hydrogen-bond acceptors (Lipinski definition) is 3. The van der Waals surface area contributed by atoms with Crippen molar-refractivity contribution >= 4 is 0 Å². The standard InChI is InChI=1S/C18H30N2O/c1-3-7-15(8-4-2)17(20-19)13-18-16-10-6-5-9-14(16)11-12-21-18/h5-6,9-10,15,17-18,20H,3-4,7-8,11-13,19H2,1-2H3. The van der Waals surface area contributed by atoms with Gasteiger partial charge in [-0.05, 0) is 42.7 Å². The van der Waals surface area contributed by atoms with Gasteiger partial charge in [0.1, 0.15) is 0 Å². The van der Waals surface area contributed by atoms with Crippen LogP contribution < -0.4 is 11.3 Å². The molecule has 2 rings (SSSR count). The maximum atomic E-state index is 6.05. The fourth-order valence-electron chi connectivity index (χ4n) is 3.59. The lowest BCUT2D eigenvalue weighted by Gasteiger charge is -2.32. The predicted molar refractivity (Wildman–Crippen MR) is 87.9 cm³/mol. The number of nitrogens with two attached hydrogens (primary N) is 1. The lowest BCUT2D eigenvalue weighted by molar-refractivity contribution is 0.0233. The molecule has 0 saturated heterocycles. The third-order valence-corrected chi connectivity index (χ3v) is 4.66. The highest BCUT2D eigenvalue weighted by Crippen LogP contribution is 2.33. The smallest absolute Gasteiger partial charge is 0.0843 e. The molecule has 2 unspecified atom stereocenters. The zero-order valence-corrected chi connectivity index (χ0v) is 13.5. The van der Waals surface area contributed by atoms with Gasteiger partial charge in [-0.3, -0.25) is 11.3 Å². The molecule has 1 aliphatic rings. The monoisotopic (exact) mass is 290 g/mol. The van der Waals surface area contributed by atoms with Crippen molar-refractivity contribution in [1.82, 2.24) is 5.43 Å². The summed E-state index contributed by atoms with van der Waals surface area (Å²) >= 11 is 0. The van der Waals surface area contributed by atoms with Crippen LogP contribution >= 0.6 is 0 Å². The van der Waals surface area contributed by atoms with Gasteiger partial charge in [0.05, 0.1) is 12.7 Å². The lowest BCUT2D eigenvalue weighted by atomic mass is 9.85. The van der Waals surface area contributed by atoms with Gasteiger partial charge < -0.3 is 4.74 Å². The Morgan fingerprint density at radius 2 is 1.95 bits per heavy atom. The normalized spacial score (nSPS) is 19.5. The van der Waals surface area contributed by atoms with Crippen LogP contribution in [0.5, 0.6) is 0 Å². The fourth-order valence-corrected chi connectivity index (χ4v) is 3.59. The Balaban J connectivity index is 2.08. The second kappa shape index (κ2) is 8.52. The molecule has 1 heterocycles. The van der Waals surface area contributed by atoms with E-state index < -0.39 is 0 Å². The molecule has 0 fully saturated rings. The molecule has 1 aromatic rings. The molecule has 0 bridgehead atoms. The number of ether oxygens (including phenoxy) is 1. The second-order valence-corrected chi connectivity index (χ2v) is 6.15. The summed E-state index contributed by atoms with van der Waals surface area (Å²) in [5, 5.41) is 0. The number of hydrazine groups is 1. The Bertz CT molecular complexity index is 415. The van der Waals surface area contributed by atoms with Crippen LogP contribution in [-0.2, 0) is 11.2 Å². The lowest BCUT2D eigenvalue weighted by Crippen LogP contribution is -2.42. The minimum Gasteiger partial charge on any atom is -0.373 e. The van der Waals surface area contributed by atoms with Crippen LogP contribution in [0.4, 0.5) is 0 Å². The summed E-state index contributed by atoms with van der Waals surface area (Å²) in [5.41, 5.74) is 5.86. The van der Waals surface area contributed by atoms with Crippen LogP contribution in [0.1, 0.15) is 63.2 Å². The van der Waals surface area contributed by atoms with Gasteiger partial charge in [0, 0.05) is 6.04 Å². The minimum atomic E-state index is 0.187. The van der Waals surface area contributed by atoms with Crippen LogP contribution in [0.3, 0.4) is 0 Å². The van der Waals surface area contributed by atoms with Crippen molar-refractivity contribution < 1.29 is 4.74 Å². The summed E-state index contributed by atoms with van der Waals surface area (Å²) in [6.07, 6.45) is 7.08. The number of fused-ring (bicyclic) bond motifs is 1. The van der Waals surface area contributed by atoms with E-state index in [1.807, 2.05) is 0 Å². The van der Waals surface area contributed by atoms with Crippen molar-refractivity contribution in [2.24, 2.45) is 11.8 Å². The molecule has 0 spiro atoms. The van der Waals surface area contributed by atoms with E-state index in [0.29, 0.717) is 12.0 Å². The summed E-state index contributed by atoms with van der Waals surface area (Å²) in [4.78, 5) is 0. The molecule has 0 aliphatic carbocycles. The molecule has 0 radical (unpaired) electrons. The second-order valence-electron chi connectivity index (χ2n) is 6.15. The van der Waals surface area contributed by atoms with E-state index in [0.717, 1.165) is 19.4 Å². The maximum Gasteiger partial charge on any atom is 0.0843 e. The predicted octanol–water partition coefficient (Wildman–Crippen LogP) is 3.74. The highest BCUT2D eigenvalue weighted by atomic mass is 16.5. The number of benzene rings is 1. The highest BCUT2D eigenvalue weighted by molar-refractivity contribution is 5.31. The van der Waals surface area contributed by atoms with E-state index in [4.69, 9.17) is 10.6 Å². The third kappa shape index (κ3) is 4.29. The van der Waals surface area contributed by atoms with Crippen LogP contribution in [0.15, 0.2) is 24.3 Å². The van der Waals surface area contributed by atoms with E-state index in [-0.39, 0.29) is 6.10 Å². The van der Waals surface area contributed by atoms with Crippen LogP contribution in [0.25, 0.3) is 0 Å². The Hall–Kier alpha value is -0.900. The van der Waals surface area contributed by atoms with Crippen LogP contribution in [0, 0.1) is 5.92 Å². The largest absolute Gasteiger partial charge is 0.373 e. The van der Waals surface area contributed by atoms with Crippen molar-refractivity contribution in [1.29, 1.82) is 0 Å². The van der Waals surface area contributed by atoms with Gasteiger partial charge >= 0.3 is 0 Å². The summed E-state index contributed by atoms with van der Waals surface area (Å²) in [6.45, 7) is 5.33. The number of rotatable bonds is 8. The topological polar surface area (TPSA) is 47.3 Å². The number of hydrogen-bond donors (Lipinski definition) is 2. The summed E-state index contributed by atoms with van der Waals surface area (Å²) in [5.74, 6) is 6.51. The molecule has 3 nitrogen and oxygen atoms in total. The Morgan fingerprint density at radius 1 is 1.24 bits per heavy atom. The van der Waals surface area contributed by atoms with Crippen molar-refractivity contribution in [2.45, 2.75) is 64.5 Å². The zero-order chi connectivity index (χ0) is 15.1.